The van der Waals surface area contributed by atoms with E-state index in [1.165, 1.54) is 16.9 Å². The predicted octanol–water partition coefficient (Wildman–Crippen LogP) is 4.88. The second kappa shape index (κ2) is 9.13. The Morgan fingerprint density at radius 3 is 2.78 bits per heavy atom. The van der Waals surface area contributed by atoms with Crippen molar-refractivity contribution in [2.75, 3.05) is 29.9 Å². The molecule has 5 rings (SSSR count). The van der Waals surface area contributed by atoms with E-state index < -0.39 is 0 Å². The number of nitrogens with zero attached hydrogens (tertiary/aromatic N) is 3. The molecule has 1 aromatic heterocycles. The van der Waals surface area contributed by atoms with Gasteiger partial charge in [-0.1, -0.05) is 34.1 Å². The smallest absolute Gasteiger partial charge is 0.257 e. The van der Waals surface area contributed by atoms with Gasteiger partial charge in [0.05, 0.1) is 18.3 Å². The highest BCUT2D eigenvalue weighted by atomic mass is 79.9. The molecule has 0 aliphatic carbocycles. The molecule has 0 spiro atoms. The third-order valence-corrected chi connectivity index (χ3v) is 7.39. The Hall–Kier alpha value is -2.55. The second-order valence-electron chi connectivity index (χ2n) is 8.09. The van der Waals surface area contributed by atoms with Crippen LogP contribution in [0.15, 0.2) is 58.4 Å². The number of nitrogens with one attached hydrogen (secondary N) is 1. The molecule has 6 nitrogen and oxygen atoms in total. The summed E-state index contributed by atoms with van der Waals surface area (Å²) >= 11 is 4.81. The zero-order chi connectivity index (χ0) is 22.1. The topological polar surface area (TPSA) is 65.5 Å². The molecule has 1 saturated heterocycles. The van der Waals surface area contributed by atoms with Gasteiger partial charge in [0.25, 0.3) is 5.91 Å². The maximum absolute atomic E-state index is 13.1. The summed E-state index contributed by atoms with van der Waals surface area (Å²) in [7, 11) is 0. The van der Waals surface area contributed by atoms with Crippen LogP contribution in [0.3, 0.4) is 0 Å². The quantitative estimate of drug-likeness (QED) is 0.530. The summed E-state index contributed by atoms with van der Waals surface area (Å²) in [4.78, 5) is 34.4. The van der Waals surface area contributed by atoms with E-state index in [2.05, 4.69) is 37.2 Å². The van der Waals surface area contributed by atoms with Crippen LogP contribution >= 0.6 is 27.3 Å². The highest BCUT2D eigenvalue weighted by Gasteiger charge is 2.32. The number of aromatic nitrogens is 1. The van der Waals surface area contributed by atoms with Gasteiger partial charge >= 0.3 is 0 Å². The van der Waals surface area contributed by atoms with Crippen LogP contribution in [-0.4, -0.2) is 41.3 Å². The molecule has 0 radical (unpaired) electrons. The number of anilines is 2. The van der Waals surface area contributed by atoms with Crippen molar-refractivity contribution in [2.24, 2.45) is 0 Å². The summed E-state index contributed by atoms with van der Waals surface area (Å²) in [5.74, 6) is -0.0367. The Morgan fingerprint density at radius 1 is 1.12 bits per heavy atom. The van der Waals surface area contributed by atoms with Gasteiger partial charge in [-0.2, -0.15) is 0 Å². The van der Waals surface area contributed by atoms with Crippen LogP contribution in [0.2, 0.25) is 0 Å². The van der Waals surface area contributed by atoms with Crippen molar-refractivity contribution in [3.8, 4) is 0 Å². The zero-order valence-corrected chi connectivity index (χ0v) is 19.9. The Balaban J connectivity index is 1.24. The maximum Gasteiger partial charge on any atom is 0.257 e. The van der Waals surface area contributed by atoms with Crippen LogP contribution in [0.5, 0.6) is 0 Å². The van der Waals surface area contributed by atoms with Crippen molar-refractivity contribution in [2.45, 2.75) is 25.3 Å². The Bertz CT molecular complexity index is 1150. The Morgan fingerprint density at radius 2 is 1.94 bits per heavy atom. The summed E-state index contributed by atoms with van der Waals surface area (Å²) in [6.45, 7) is 2.01. The molecule has 1 atom stereocenters. The van der Waals surface area contributed by atoms with Crippen LogP contribution in [0.25, 0.3) is 0 Å². The first-order chi connectivity index (χ1) is 15.6. The SMILES string of the molecule is O=C(Nc1nc([C@H]2CCCN2CC(=O)N2CCc3ccccc32)cs1)c1ccc(Br)cc1. The molecular weight excluding hydrogens is 488 g/mol. The molecule has 2 amide bonds. The van der Waals surface area contributed by atoms with E-state index in [9.17, 15) is 9.59 Å². The lowest BCUT2D eigenvalue weighted by Crippen LogP contribution is -2.39. The third kappa shape index (κ3) is 4.35. The van der Waals surface area contributed by atoms with Crippen LogP contribution in [0.4, 0.5) is 10.8 Å². The van der Waals surface area contributed by atoms with E-state index in [1.807, 2.05) is 40.6 Å². The molecule has 2 aliphatic rings. The fraction of sp³-hybridized carbons (Fsp3) is 0.292. The minimum Gasteiger partial charge on any atom is -0.311 e. The highest BCUT2D eigenvalue weighted by molar-refractivity contribution is 9.10. The second-order valence-corrected chi connectivity index (χ2v) is 9.86. The van der Waals surface area contributed by atoms with Crippen LogP contribution in [0.1, 0.15) is 40.5 Å². The van der Waals surface area contributed by atoms with Crippen LogP contribution in [0, 0.1) is 0 Å². The first-order valence-corrected chi connectivity index (χ1v) is 12.4. The van der Waals surface area contributed by atoms with Crippen LogP contribution in [-0.2, 0) is 11.2 Å². The maximum atomic E-state index is 13.1. The predicted molar refractivity (Wildman–Crippen MR) is 130 cm³/mol. The van der Waals surface area contributed by atoms with E-state index >= 15 is 0 Å². The van der Waals surface area contributed by atoms with E-state index in [4.69, 9.17) is 0 Å². The molecule has 1 N–H and O–H groups in total. The fourth-order valence-electron chi connectivity index (χ4n) is 4.47. The van der Waals surface area contributed by atoms with E-state index in [0.29, 0.717) is 17.2 Å². The summed E-state index contributed by atoms with van der Waals surface area (Å²) in [6.07, 6.45) is 2.92. The Kier molecular flexibility index (Phi) is 6.08. The monoisotopic (exact) mass is 510 g/mol. The van der Waals surface area contributed by atoms with Crippen molar-refractivity contribution in [3.63, 3.8) is 0 Å². The molecule has 2 aromatic carbocycles. The van der Waals surface area contributed by atoms with E-state index in [-0.39, 0.29) is 17.9 Å². The first-order valence-electron chi connectivity index (χ1n) is 10.7. The van der Waals surface area contributed by atoms with E-state index in [0.717, 1.165) is 48.2 Å². The van der Waals surface area contributed by atoms with Gasteiger partial charge in [0.1, 0.15) is 0 Å². The first kappa shape index (κ1) is 21.3. The number of carbonyl (C=O) groups excluding carboxylic acids is 2. The van der Waals surface area contributed by atoms with Gasteiger partial charge in [-0.05, 0) is 61.7 Å². The number of para-hydroxylation sites is 1. The molecule has 8 heteroatoms. The van der Waals surface area contributed by atoms with Crippen molar-refractivity contribution in [1.82, 2.24) is 9.88 Å². The van der Waals surface area contributed by atoms with Gasteiger partial charge in [0.15, 0.2) is 5.13 Å². The third-order valence-electron chi connectivity index (χ3n) is 6.08. The molecule has 0 saturated carbocycles. The average Bonchev–Trinajstić information content (AvgIpc) is 3.53. The lowest BCUT2D eigenvalue weighted by atomic mass is 10.1. The fourth-order valence-corrected chi connectivity index (χ4v) is 5.49. The molecule has 0 bridgehead atoms. The van der Waals surface area contributed by atoms with Gasteiger partial charge < -0.3 is 4.90 Å². The summed E-state index contributed by atoms with van der Waals surface area (Å²) in [5.41, 5.74) is 3.79. The van der Waals surface area contributed by atoms with Gasteiger partial charge in [-0.15, -0.1) is 11.3 Å². The van der Waals surface area contributed by atoms with Crippen molar-refractivity contribution < 1.29 is 9.59 Å². The van der Waals surface area contributed by atoms with Gasteiger partial charge in [-0.3, -0.25) is 19.8 Å². The van der Waals surface area contributed by atoms with Crippen LogP contribution < -0.4 is 10.2 Å². The number of thiazole rings is 1. The number of halogens is 1. The minimum atomic E-state index is -0.176. The molecule has 1 fully saturated rings. The molecule has 164 valence electrons. The molecule has 0 unspecified atom stereocenters. The highest BCUT2D eigenvalue weighted by Crippen LogP contribution is 2.34. The number of hydrogen-bond donors (Lipinski definition) is 1. The normalized spacial score (nSPS) is 18.0. The molecular formula is C24H23BrN4O2S. The average molecular weight is 511 g/mol. The lowest BCUT2D eigenvalue weighted by molar-refractivity contribution is -0.119. The number of fused-ring (bicyclic) bond motifs is 1. The number of hydrogen-bond acceptors (Lipinski definition) is 5. The summed E-state index contributed by atoms with van der Waals surface area (Å²) in [5, 5.41) is 5.47. The summed E-state index contributed by atoms with van der Waals surface area (Å²) in [6, 6.07) is 15.5. The molecule has 3 heterocycles. The minimum absolute atomic E-state index is 0.103. The summed E-state index contributed by atoms with van der Waals surface area (Å²) < 4.78 is 0.930. The largest absolute Gasteiger partial charge is 0.311 e. The number of rotatable bonds is 5. The van der Waals surface area contributed by atoms with Gasteiger partial charge in [0.2, 0.25) is 5.91 Å². The number of likely N-dealkylation sites (tertiary alicyclic amines) is 1. The molecule has 3 aromatic rings. The van der Waals surface area contributed by atoms with Crippen molar-refractivity contribution >= 4 is 49.9 Å². The zero-order valence-electron chi connectivity index (χ0n) is 17.5. The Labute approximate surface area is 199 Å². The van der Waals surface area contributed by atoms with Crippen molar-refractivity contribution in [1.29, 1.82) is 0 Å². The van der Waals surface area contributed by atoms with Crippen molar-refractivity contribution in [3.05, 3.63) is 75.2 Å². The van der Waals surface area contributed by atoms with Gasteiger partial charge in [0, 0.05) is 27.6 Å². The number of carbonyl (C=O) groups is 2. The number of benzene rings is 2. The van der Waals surface area contributed by atoms with Gasteiger partial charge in [-0.25, -0.2) is 4.98 Å². The standard InChI is InChI=1S/C24H23BrN4O2S/c25-18-9-7-17(8-10-18)23(31)27-24-26-19(15-32-24)21-6-3-12-28(21)14-22(30)29-13-11-16-4-1-2-5-20(16)29/h1-2,4-5,7-10,15,21H,3,6,11-14H2,(H,26,27,31)/t21-/m1/s1. The lowest BCUT2D eigenvalue weighted by Gasteiger charge is -2.25. The molecule has 2 aliphatic heterocycles. The number of amides is 2. The van der Waals surface area contributed by atoms with E-state index in [1.54, 1.807) is 12.1 Å². The molecule has 32 heavy (non-hydrogen) atoms.